The number of amides is 1. The van der Waals surface area contributed by atoms with E-state index in [0.29, 0.717) is 6.04 Å². The maximum absolute atomic E-state index is 11.6. The maximum atomic E-state index is 11.6. The molecule has 3 heteroatoms. The summed E-state index contributed by atoms with van der Waals surface area (Å²) >= 11 is 0. The molecule has 1 aliphatic heterocycles. The van der Waals surface area contributed by atoms with Gasteiger partial charge in [0.15, 0.2) is 0 Å². The minimum absolute atomic E-state index is 0.107. The zero-order chi connectivity index (χ0) is 10.1. The fourth-order valence-electron chi connectivity index (χ4n) is 2.62. The molecule has 1 heterocycles. The summed E-state index contributed by atoms with van der Waals surface area (Å²) < 4.78 is 0. The summed E-state index contributed by atoms with van der Waals surface area (Å²) in [6.07, 6.45) is 4.79. The van der Waals surface area contributed by atoms with Crippen molar-refractivity contribution in [3.05, 3.63) is 0 Å². The van der Waals surface area contributed by atoms with Crippen molar-refractivity contribution in [3.8, 4) is 0 Å². The molecule has 0 bridgehead atoms. The van der Waals surface area contributed by atoms with Gasteiger partial charge in [0.1, 0.15) is 0 Å². The Morgan fingerprint density at radius 1 is 1.36 bits per heavy atom. The number of hydrogen-bond acceptors (Lipinski definition) is 2. The van der Waals surface area contributed by atoms with Crippen molar-refractivity contribution < 1.29 is 4.79 Å². The van der Waals surface area contributed by atoms with E-state index in [0.717, 1.165) is 18.9 Å². The van der Waals surface area contributed by atoms with Gasteiger partial charge in [0, 0.05) is 19.6 Å². The molecule has 1 saturated heterocycles. The van der Waals surface area contributed by atoms with Crippen molar-refractivity contribution in [1.29, 1.82) is 0 Å². The molecule has 1 N–H and O–H groups in total. The van der Waals surface area contributed by atoms with E-state index in [1.165, 1.54) is 19.3 Å². The number of nitrogens with one attached hydrogen (secondary N) is 1. The number of carbonyl (C=O) groups is 1. The molecule has 0 radical (unpaired) electrons. The van der Waals surface area contributed by atoms with Crippen LogP contribution < -0.4 is 5.32 Å². The average Bonchev–Trinajstić information content (AvgIpc) is 2.67. The van der Waals surface area contributed by atoms with Gasteiger partial charge in [-0.1, -0.05) is 6.92 Å². The smallest absolute Gasteiger partial charge is 0.239 e. The molecule has 3 nitrogen and oxygen atoms in total. The van der Waals surface area contributed by atoms with Gasteiger partial charge in [-0.2, -0.15) is 0 Å². The Morgan fingerprint density at radius 2 is 2.14 bits per heavy atom. The third-order valence-electron chi connectivity index (χ3n) is 3.56. The van der Waals surface area contributed by atoms with Crippen LogP contribution in [0.3, 0.4) is 0 Å². The van der Waals surface area contributed by atoms with Gasteiger partial charge in [-0.3, -0.25) is 4.79 Å². The Labute approximate surface area is 85.8 Å². The van der Waals surface area contributed by atoms with Crippen LogP contribution in [0.15, 0.2) is 0 Å². The van der Waals surface area contributed by atoms with Gasteiger partial charge in [-0.05, 0) is 31.6 Å². The van der Waals surface area contributed by atoms with Gasteiger partial charge in [0.2, 0.25) is 5.91 Å². The molecule has 3 atom stereocenters. The highest BCUT2D eigenvalue weighted by Gasteiger charge is 2.32. The van der Waals surface area contributed by atoms with E-state index in [4.69, 9.17) is 0 Å². The standard InChI is InChI=1S/C11H20N2O/c1-8-3-4-9(7-8)12-10-5-6-13(2)11(10)14/h8-10,12H,3-7H2,1-2H3. The van der Waals surface area contributed by atoms with Gasteiger partial charge in [0.05, 0.1) is 6.04 Å². The number of likely N-dealkylation sites (tertiary alicyclic amines) is 1. The van der Waals surface area contributed by atoms with Gasteiger partial charge in [-0.15, -0.1) is 0 Å². The second-order valence-electron chi connectivity index (χ2n) is 4.88. The lowest BCUT2D eigenvalue weighted by atomic mass is 10.1. The van der Waals surface area contributed by atoms with Crippen LogP contribution in [0.4, 0.5) is 0 Å². The van der Waals surface area contributed by atoms with E-state index in [1.807, 2.05) is 11.9 Å². The van der Waals surface area contributed by atoms with Crippen LogP contribution in [0.25, 0.3) is 0 Å². The van der Waals surface area contributed by atoms with Gasteiger partial charge >= 0.3 is 0 Å². The summed E-state index contributed by atoms with van der Waals surface area (Å²) in [5.41, 5.74) is 0. The lowest BCUT2D eigenvalue weighted by Gasteiger charge is -2.17. The van der Waals surface area contributed by atoms with Crippen LogP contribution in [-0.2, 0) is 4.79 Å². The molecule has 2 fully saturated rings. The number of likely N-dealkylation sites (N-methyl/N-ethyl adjacent to an activating group) is 1. The van der Waals surface area contributed by atoms with Crippen molar-refractivity contribution in [1.82, 2.24) is 10.2 Å². The number of rotatable bonds is 2. The molecule has 14 heavy (non-hydrogen) atoms. The highest BCUT2D eigenvalue weighted by Crippen LogP contribution is 2.25. The first-order chi connectivity index (χ1) is 6.66. The van der Waals surface area contributed by atoms with Crippen molar-refractivity contribution >= 4 is 5.91 Å². The van der Waals surface area contributed by atoms with Crippen molar-refractivity contribution in [2.45, 2.75) is 44.7 Å². The van der Waals surface area contributed by atoms with Crippen LogP contribution in [0.1, 0.15) is 32.6 Å². The lowest BCUT2D eigenvalue weighted by molar-refractivity contribution is -0.128. The predicted octanol–water partition coefficient (Wildman–Crippen LogP) is 0.995. The Bertz CT molecular complexity index is 229. The van der Waals surface area contributed by atoms with Crippen molar-refractivity contribution in [3.63, 3.8) is 0 Å². The van der Waals surface area contributed by atoms with Crippen LogP contribution in [0.5, 0.6) is 0 Å². The molecule has 80 valence electrons. The Morgan fingerprint density at radius 3 is 2.64 bits per heavy atom. The molecular weight excluding hydrogens is 176 g/mol. The molecule has 0 spiro atoms. The van der Waals surface area contributed by atoms with Gasteiger partial charge in [0.25, 0.3) is 0 Å². The fourth-order valence-corrected chi connectivity index (χ4v) is 2.62. The van der Waals surface area contributed by atoms with Crippen LogP contribution >= 0.6 is 0 Å². The SMILES string of the molecule is CC1CCC(NC2CCN(C)C2=O)C1. The highest BCUT2D eigenvalue weighted by atomic mass is 16.2. The zero-order valence-electron chi connectivity index (χ0n) is 9.12. The summed E-state index contributed by atoms with van der Waals surface area (Å²) in [6.45, 7) is 3.21. The summed E-state index contributed by atoms with van der Waals surface area (Å²) in [7, 11) is 1.89. The van der Waals surface area contributed by atoms with E-state index < -0.39 is 0 Å². The summed E-state index contributed by atoms with van der Waals surface area (Å²) in [5.74, 6) is 1.12. The Balaban J connectivity index is 1.83. The number of hydrogen-bond donors (Lipinski definition) is 1. The van der Waals surface area contributed by atoms with E-state index in [2.05, 4.69) is 12.2 Å². The highest BCUT2D eigenvalue weighted by molar-refractivity contribution is 5.83. The molecule has 0 aromatic heterocycles. The first-order valence-electron chi connectivity index (χ1n) is 5.68. The van der Waals surface area contributed by atoms with E-state index >= 15 is 0 Å². The normalized spacial score (nSPS) is 38.3. The monoisotopic (exact) mass is 196 g/mol. The van der Waals surface area contributed by atoms with Crippen LogP contribution in [0.2, 0.25) is 0 Å². The zero-order valence-corrected chi connectivity index (χ0v) is 9.12. The second kappa shape index (κ2) is 3.89. The summed E-state index contributed by atoms with van der Waals surface area (Å²) in [4.78, 5) is 13.5. The van der Waals surface area contributed by atoms with Crippen LogP contribution in [0, 0.1) is 5.92 Å². The van der Waals surface area contributed by atoms with Crippen molar-refractivity contribution in [2.75, 3.05) is 13.6 Å². The summed E-state index contributed by atoms with van der Waals surface area (Å²) in [5, 5.41) is 3.50. The molecule has 1 amide bonds. The predicted molar refractivity (Wildman–Crippen MR) is 56.0 cm³/mol. The first kappa shape index (κ1) is 9.97. The van der Waals surface area contributed by atoms with E-state index in [1.54, 1.807) is 0 Å². The molecule has 0 aromatic rings. The Hall–Kier alpha value is -0.570. The molecular formula is C11H20N2O. The van der Waals surface area contributed by atoms with Gasteiger partial charge in [-0.25, -0.2) is 0 Å². The average molecular weight is 196 g/mol. The van der Waals surface area contributed by atoms with Gasteiger partial charge < -0.3 is 10.2 Å². The fraction of sp³-hybridized carbons (Fsp3) is 0.909. The molecule has 1 saturated carbocycles. The largest absolute Gasteiger partial charge is 0.344 e. The molecule has 0 aromatic carbocycles. The maximum Gasteiger partial charge on any atom is 0.239 e. The molecule has 2 aliphatic rings. The quantitative estimate of drug-likeness (QED) is 0.714. The lowest BCUT2D eigenvalue weighted by Crippen LogP contribution is -2.42. The second-order valence-corrected chi connectivity index (χ2v) is 4.88. The Kier molecular flexibility index (Phi) is 2.77. The summed E-state index contributed by atoms with van der Waals surface area (Å²) in [6, 6.07) is 0.695. The van der Waals surface area contributed by atoms with Crippen molar-refractivity contribution in [2.24, 2.45) is 5.92 Å². The van der Waals surface area contributed by atoms with E-state index in [-0.39, 0.29) is 11.9 Å². The van der Waals surface area contributed by atoms with E-state index in [9.17, 15) is 4.79 Å². The molecule has 3 unspecified atom stereocenters. The number of carbonyl (C=O) groups excluding carboxylic acids is 1. The molecule has 2 rings (SSSR count). The first-order valence-corrected chi connectivity index (χ1v) is 5.68. The number of nitrogens with zero attached hydrogens (tertiary/aromatic N) is 1. The minimum atomic E-state index is 0.107. The third-order valence-corrected chi connectivity index (χ3v) is 3.56. The van der Waals surface area contributed by atoms with Crippen LogP contribution in [-0.4, -0.2) is 36.5 Å². The topological polar surface area (TPSA) is 32.3 Å². The molecule has 1 aliphatic carbocycles. The third kappa shape index (κ3) is 1.92. The minimum Gasteiger partial charge on any atom is -0.344 e.